The summed E-state index contributed by atoms with van der Waals surface area (Å²) < 4.78 is 1.99. The van der Waals surface area contributed by atoms with Gasteiger partial charge in [0.25, 0.3) is 11.5 Å². The highest BCUT2D eigenvalue weighted by Crippen LogP contribution is 2.15. The Morgan fingerprint density at radius 3 is 2.25 bits per heavy atom. The van der Waals surface area contributed by atoms with Crippen molar-refractivity contribution in [2.75, 3.05) is 5.32 Å². The molecule has 0 bridgehead atoms. The topological polar surface area (TPSA) is 74.9 Å². The summed E-state index contributed by atoms with van der Waals surface area (Å²) in [7, 11) is 0. The molecule has 3 aromatic carbocycles. The third kappa shape index (κ3) is 4.40. The van der Waals surface area contributed by atoms with Gasteiger partial charge in [-0.25, -0.2) is 0 Å². The Morgan fingerprint density at radius 1 is 0.969 bits per heavy atom. The van der Waals surface area contributed by atoms with E-state index in [2.05, 4.69) is 5.32 Å². The Bertz CT molecular complexity index is 1500. The van der Waals surface area contributed by atoms with Gasteiger partial charge in [0.15, 0.2) is 5.57 Å². The highest BCUT2D eigenvalue weighted by Gasteiger charge is 2.17. The Morgan fingerprint density at radius 2 is 1.59 bits per heavy atom. The predicted molar refractivity (Wildman–Crippen MR) is 128 cm³/mol. The van der Waals surface area contributed by atoms with Crippen molar-refractivity contribution in [2.45, 2.75) is 0 Å². The highest BCUT2D eigenvalue weighted by atomic mass is 35.5. The van der Waals surface area contributed by atoms with E-state index in [1.807, 2.05) is 24.3 Å². The van der Waals surface area contributed by atoms with Gasteiger partial charge in [-0.15, -0.1) is 11.3 Å². The molecule has 0 saturated heterocycles. The summed E-state index contributed by atoms with van der Waals surface area (Å²) in [6.45, 7) is 0. The van der Waals surface area contributed by atoms with Crippen LogP contribution >= 0.6 is 22.9 Å². The molecule has 0 aliphatic rings. The van der Waals surface area contributed by atoms with Crippen LogP contribution in [0.2, 0.25) is 5.02 Å². The first kappa shape index (κ1) is 21.3. The molecule has 0 unspecified atom stereocenters. The summed E-state index contributed by atoms with van der Waals surface area (Å²) in [4.78, 5) is 26.3. The second-order valence-electron chi connectivity index (χ2n) is 6.72. The van der Waals surface area contributed by atoms with Gasteiger partial charge < -0.3 is 5.32 Å². The molecule has 156 valence electrons. The number of nitriles is 1. The molecule has 0 aliphatic carbocycles. The molecule has 1 heterocycles. The lowest BCUT2D eigenvalue weighted by Gasteiger charge is -2.05. The Labute approximate surface area is 192 Å². The largest absolute Gasteiger partial charge is 0.321 e. The number of benzene rings is 3. The molecular weight excluding hydrogens is 442 g/mol. The van der Waals surface area contributed by atoms with Crippen LogP contribution in [-0.4, -0.2) is 10.5 Å². The fourth-order valence-electron chi connectivity index (χ4n) is 3.11. The van der Waals surface area contributed by atoms with Crippen molar-refractivity contribution >= 4 is 46.2 Å². The van der Waals surface area contributed by atoms with Crippen molar-refractivity contribution in [3.8, 4) is 11.8 Å². The zero-order valence-corrected chi connectivity index (χ0v) is 18.2. The minimum Gasteiger partial charge on any atom is -0.321 e. The van der Waals surface area contributed by atoms with E-state index in [0.29, 0.717) is 26.5 Å². The molecule has 0 saturated carbocycles. The van der Waals surface area contributed by atoms with Crippen molar-refractivity contribution < 1.29 is 4.79 Å². The Balaban J connectivity index is 1.98. The van der Waals surface area contributed by atoms with E-state index in [-0.39, 0.29) is 15.8 Å². The summed E-state index contributed by atoms with van der Waals surface area (Å²) in [5, 5.41) is 13.1. The molecule has 0 spiro atoms. The van der Waals surface area contributed by atoms with E-state index in [1.54, 1.807) is 72.8 Å². The monoisotopic (exact) mass is 457 g/mol. The molecule has 1 N–H and O–H groups in total. The molecule has 4 rings (SSSR count). The van der Waals surface area contributed by atoms with E-state index in [4.69, 9.17) is 11.6 Å². The number of rotatable bonds is 4. The number of amides is 1. The number of para-hydroxylation sites is 2. The van der Waals surface area contributed by atoms with Gasteiger partial charge in [-0.05, 0) is 42.0 Å². The first-order chi connectivity index (χ1) is 15.6. The number of nitrogens with zero attached hydrogens (tertiary/aromatic N) is 2. The van der Waals surface area contributed by atoms with Crippen LogP contribution in [0.25, 0.3) is 17.3 Å². The lowest BCUT2D eigenvalue weighted by atomic mass is 10.2. The second kappa shape index (κ2) is 9.48. The van der Waals surface area contributed by atoms with Crippen LogP contribution in [-0.2, 0) is 4.79 Å². The molecule has 0 radical (unpaired) electrons. The Kier molecular flexibility index (Phi) is 6.31. The van der Waals surface area contributed by atoms with Gasteiger partial charge in [0.1, 0.15) is 10.7 Å². The summed E-state index contributed by atoms with van der Waals surface area (Å²) in [6.07, 6.45) is 1.67. The van der Waals surface area contributed by atoms with E-state index >= 15 is 0 Å². The highest BCUT2D eigenvalue weighted by molar-refractivity contribution is 7.07. The fraction of sp³-hybridized carbons (Fsp3) is 0. The number of hydrogen-bond acceptors (Lipinski definition) is 4. The van der Waals surface area contributed by atoms with E-state index in [9.17, 15) is 14.9 Å². The van der Waals surface area contributed by atoms with E-state index in [0.717, 1.165) is 11.3 Å². The number of carbonyl (C=O) groups excluding carboxylic acids is 1. The lowest BCUT2D eigenvalue weighted by molar-refractivity contribution is -0.111. The summed E-state index contributed by atoms with van der Waals surface area (Å²) >= 11 is 7.34. The number of thiazole rings is 1. The maximum atomic E-state index is 13.4. The maximum absolute atomic E-state index is 13.4. The molecule has 0 fully saturated rings. The quantitative estimate of drug-likeness (QED) is 0.507. The number of anilines is 1. The van der Waals surface area contributed by atoms with Crippen LogP contribution in [0.4, 0.5) is 5.69 Å². The minimum absolute atomic E-state index is 0.154. The first-order valence-electron chi connectivity index (χ1n) is 9.63. The van der Waals surface area contributed by atoms with Gasteiger partial charge in [0.05, 0.1) is 10.2 Å². The van der Waals surface area contributed by atoms with Crippen LogP contribution < -0.4 is 20.1 Å². The normalized spacial score (nSPS) is 12.2. The van der Waals surface area contributed by atoms with Crippen molar-refractivity contribution in [2.24, 2.45) is 0 Å². The van der Waals surface area contributed by atoms with Gasteiger partial charge in [0.2, 0.25) is 0 Å². The number of nitrogens with one attached hydrogen (secondary N) is 1. The van der Waals surface area contributed by atoms with Gasteiger partial charge in [-0.2, -0.15) is 5.26 Å². The zero-order valence-electron chi connectivity index (χ0n) is 16.7. The van der Waals surface area contributed by atoms with Crippen LogP contribution in [0.1, 0.15) is 5.56 Å². The maximum Gasteiger partial charge on any atom is 0.273 e. The average Bonchev–Trinajstić information content (AvgIpc) is 3.12. The lowest BCUT2D eigenvalue weighted by Crippen LogP contribution is -2.32. The molecule has 1 aromatic heterocycles. The van der Waals surface area contributed by atoms with Gasteiger partial charge in [-0.3, -0.25) is 14.2 Å². The molecule has 4 aromatic rings. The number of halogens is 1. The van der Waals surface area contributed by atoms with Gasteiger partial charge in [-0.1, -0.05) is 66.2 Å². The Hall–Kier alpha value is -3.92. The summed E-state index contributed by atoms with van der Waals surface area (Å²) in [5.41, 5.74) is 1.29. The average molecular weight is 458 g/mol. The third-order valence-electron chi connectivity index (χ3n) is 4.61. The van der Waals surface area contributed by atoms with Crippen LogP contribution in [0.3, 0.4) is 0 Å². The standard InChI is InChI=1S/C25H16ClN3O2S/c26-21-14-8-7-9-17(21)15-22-24(31)29(19-12-5-2-6-13-19)25(32-22)20(16-27)23(30)28-18-10-3-1-4-11-18/h1-15H,(H,28,30). The van der Waals surface area contributed by atoms with E-state index < -0.39 is 5.91 Å². The van der Waals surface area contributed by atoms with Crippen molar-refractivity contribution in [1.29, 1.82) is 5.26 Å². The molecule has 7 heteroatoms. The van der Waals surface area contributed by atoms with Crippen LogP contribution in [0.15, 0.2) is 89.7 Å². The van der Waals surface area contributed by atoms with Crippen molar-refractivity contribution in [3.05, 3.63) is 115 Å². The predicted octanol–water partition coefficient (Wildman–Crippen LogP) is 3.69. The summed E-state index contributed by atoms with van der Waals surface area (Å²) in [5.74, 6) is -0.589. The van der Waals surface area contributed by atoms with Crippen molar-refractivity contribution in [1.82, 2.24) is 4.57 Å². The van der Waals surface area contributed by atoms with Crippen LogP contribution in [0.5, 0.6) is 0 Å². The molecule has 0 aliphatic heterocycles. The van der Waals surface area contributed by atoms with Crippen LogP contribution in [0, 0.1) is 11.3 Å². The number of hydrogen-bond donors (Lipinski definition) is 1. The molecular formula is C25H16ClN3O2S. The third-order valence-corrected chi connectivity index (χ3v) is 6.05. The van der Waals surface area contributed by atoms with Gasteiger partial charge in [0, 0.05) is 10.7 Å². The molecule has 0 atom stereocenters. The minimum atomic E-state index is -0.589. The number of carbonyl (C=O) groups is 1. The van der Waals surface area contributed by atoms with Gasteiger partial charge >= 0.3 is 0 Å². The summed E-state index contributed by atoms with van der Waals surface area (Å²) in [6, 6.07) is 26.9. The first-order valence-corrected chi connectivity index (χ1v) is 10.8. The van der Waals surface area contributed by atoms with Crippen molar-refractivity contribution in [3.63, 3.8) is 0 Å². The smallest absolute Gasteiger partial charge is 0.273 e. The SMILES string of the molecule is N#CC(C(=O)Nc1ccccc1)=c1sc(=Cc2ccccc2Cl)c(=O)n1-c1ccccc1. The van der Waals surface area contributed by atoms with E-state index in [1.165, 1.54) is 4.57 Å². The fourth-order valence-corrected chi connectivity index (χ4v) is 4.39. The molecule has 5 nitrogen and oxygen atoms in total. The number of aromatic nitrogens is 1. The molecule has 32 heavy (non-hydrogen) atoms. The zero-order chi connectivity index (χ0) is 22.5. The second-order valence-corrected chi connectivity index (χ2v) is 8.16. The molecule has 1 amide bonds.